The molecule has 0 aromatic rings. The van der Waals surface area contributed by atoms with Gasteiger partial charge < -0.3 is 4.79 Å². The summed E-state index contributed by atoms with van der Waals surface area (Å²) < 4.78 is 60.0. The minimum Gasteiger partial charge on any atom is 0 e. The van der Waals surface area contributed by atoms with E-state index in [1.807, 2.05) is 0 Å². The zero-order chi connectivity index (χ0) is 32.7. The first-order chi connectivity index (χ1) is 18.8. The molecule has 0 unspecified atom stereocenters. The SMILES string of the molecule is CCCC/C=C/CCCC.CCCCCCCCCCC=O.[C-]#[O+].[C-]#[O+].[C-]#[O+].[C-]#[O+].[C-]#[O+].[C-]#[O+].[C-]#[O+].[C-]#[O+].[Co].[Co]. The van der Waals surface area contributed by atoms with Crippen LogP contribution in [0.25, 0.3) is 0 Å². The predicted octanol–water partition coefficient (Wildman–Crippen LogP) is 7.33. The summed E-state index contributed by atoms with van der Waals surface area (Å²) in [7, 11) is 0. The minimum atomic E-state index is 0. The number of carbonyl (C=O) groups is 1. The van der Waals surface area contributed by atoms with E-state index in [4.69, 9.17) is 37.2 Å². The summed E-state index contributed by atoms with van der Waals surface area (Å²) in [6, 6.07) is 0. The van der Waals surface area contributed by atoms with E-state index in [0.717, 1.165) is 19.1 Å². The van der Waals surface area contributed by atoms with E-state index in [1.54, 1.807) is 0 Å². The molecule has 11 heteroatoms. The molecule has 0 atom stereocenters. The number of unbranched alkanes of at least 4 members (excludes halogenated alkanes) is 12. The fraction of sp³-hybridized carbons (Fsp3) is 0.621. The maximum atomic E-state index is 9.98. The van der Waals surface area contributed by atoms with Crippen molar-refractivity contribution in [3.8, 4) is 0 Å². The van der Waals surface area contributed by atoms with Crippen molar-refractivity contribution < 1.29 is 75.6 Å². The standard InChI is InChI=1S/C11H22O.C10H20.8CO.2Co/c1-2-3-4-5-6-7-8-9-10-11-12;1-3-5-7-9-10-8-6-4-2;8*1-2;;/h11H,2-10H2,1H3;9-10H,3-8H2,1-2H3;;;;;;;;;;/b;10-9+;;;;;;;;;;. The second-order valence-electron chi connectivity index (χ2n) is 6.19. The van der Waals surface area contributed by atoms with Gasteiger partial charge in [-0.1, -0.05) is 104 Å². The van der Waals surface area contributed by atoms with E-state index in [2.05, 4.69) is 86.1 Å². The van der Waals surface area contributed by atoms with Crippen molar-refractivity contribution in [2.75, 3.05) is 0 Å². The van der Waals surface area contributed by atoms with Gasteiger partial charge in [0, 0.05) is 40.0 Å². The second-order valence-corrected chi connectivity index (χ2v) is 6.19. The number of carbonyl (C=O) groups excluding carboxylic acids is 1. The maximum absolute atomic E-state index is 9.98. The van der Waals surface area contributed by atoms with Crippen molar-refractivity contribution in [1.82, 2.24) is 0 Å². The maximum Gasteiger partial charge on any atom is 0 e. The summed E-state index contributed by atoms with van der Waals surface area (Å²) in [6.07, 6.45) is 24.8. The van der Waals surface area contributed by atoms with Gasteiger partial charge in [-0.25, -0.2) is 0 Å². The van der Waals surface area contributed by atoms with Gasteiger partial charge in [0.25, 0.3) is 0 Å². The molecule has 9 nitrogen and oxygen atoms in total. The quantitative estimate of drug-likeness (QED) is 0.0582. The molecule has 230 valence electrons. The van der Waals surface area contributed by atoms with Gasteiger partial charge in [-0.15, -0.1) is 0 Å². The van der Waals surface area contributed by atoms with Crippen molar-refractivity contribution in [2.45, 2.75) is 117 Å². The van der Waals surface area contributed by atoms with E-state index in [1.165, 1.54) is 83.5 Å². The van der Waals surface area contributed by atoms with Gasteiger partial charge in [0.1, 0.15) is 6.29 Å². The third-order valence-electron chi connectivity index (χ3n) is 3.79. The zero-order valence-corrected chi connectivity index (χ0v) is 25.8. The number of hydrogen-bond acceptors (Lipinski definition) is 1. The average molecular weight is 653 g/mol. The Hall–Kier alpha value is -1.66. The summed E-state index contributed by atoms with van der Waals surface area (Å²) in [6.45, 7) is 42.7. The van der Waals surface area contributed by atoms with Crippen LogP contribution in [0.15, 0.2) is 12.2 Å². The number of aldehydes is 1. The van der Waals surface area contributed by atoms with Crippen LogP contribution in [0.1, 0.15) is 117 Å². The van der Waals surface area contributed by atoms with E-state index < -0.39 is 0 Å². The van der Waals surface area contributed by atoms with Crippen molar-refractivity contribution in [2.24, 2.45) is 0 Å². The Bertz CT molecular complexity index is 438. The first-order valence-corrected chi connectivity index (χ1v) is 11.5. The van der Waals surface area contributed by atoms with Crippen molar-refractivity contribution >= 4 is 6.29 Å². The van der Waals surface area contributed by atoms with Crippen LogP contribution in [-0.2, 0) is 75.6 Å². The molecule has 0 aliphatic heterocycles. The molecule has 0 fully saturated rings. The zero-order valence-electron chi connectivity index (χ0n) is 23.7. The molecular formula is C29H42Co2O9. The molecule has 0 N–H and O–H groups in total. The van der Waals surface area contributed by atoms with E-state index in [-0.39, 0.29) is 33.6 Å². The monoisotopic (exact) mass is 652 g/mol. The molecule has 0 aliphatic carbocycles. The molecule has 0 saturated heterocycles. The topological polar surface area (TPSA) is 176 Å². The Morgan fingerprint density at radius 1 is 0.375 bits per heavy atom. The normalized spacial score (nSPS) is 6.17. The molecule has 0 amide bonds. The predicted molar refractivity (Wildman–Crippen MR) is 133 cm³/mol. The first-order valence-electron chi connectivity index (χ1n) is 11.5. The molecular weight excluding hydrogens is 610 g/mol. The molecule has 40 heavy (non-hydrogen) atoms. The molecule has 0 aliphatic rings. The van der Waals surface area contributed by atoms with Crippen molar-refractivity contribution in [1.29, 1.82) is 0 Å². The molecule has 0 saturated carbocycles. The molecule has 0 heterocycles. The Kier molecular flexibility index (Phi) is 356. The van der Waals surface area contributed by atoms with Crippen molar-refractivity contribution in [3.05, 3.63) is 65.4 Å². The average Bonchev–Trinajstić information content (AvgIpc) is 3.04. The van der Waals surface area contributed by atoms with E-state index in [9.17, 15) is 4.79 Å². The summed E-state index contributed by atoms with van der Waals surface area (Å²) >= 11 is 0. The minimum absolute atomic E-state index is 0. The Labute approximate surface area is 263 Å². The van der Waals surface area contributed by atoms with Gasteiger partial charge in [0.05, 0.1) is 0 Å². The van der Waals surface area contributed by atoms with Gasteiger partial charge in [-0.05, 0) is 19.3 Å². The van der Waals surface area contributed by atoms with Crippen LogP contribution < -0.4 is 0 Å². The fourth-order valence-corrected chi connectivity index (χ4v) is 2.24. The summed E-state index contributed by atoms with van der Waals surface area (Å²) in [5.74, 6) is 0. The van der Waals surface area contributed by atoms with Crippen LogP contribution in [0.2, 0.25) is 0 Å². The van der Waals surface area contributed by atoms with Crippen LogP contribution in [-0.4, -0.2) is 6.29 Å². The van der Waals surface area contributed by atoms with Gasteiger partial charge in [-0.2, -0.15) is 0 Å². The largest absolute Gasteiger partial charge is 0 e. The summed E-state index contributed by atoms with van der Waals surface area (Å²) in [5, 5.41) is 0. The summed E-state index contributed by atoms with van der Waals surface area (Å²) in [4.78, 5) is 9.98. The van der Waals surface area contributed by atoms with Crippen LogP contribution >= 0.6 is 0 Å². The summed E-state index contributed by atoms with van der Waals surface area (Å²) in [5.41, 5.74) is 0. The van der Waals surface area contributed by atoms with Gasteiger partial charge in [0.2, 0.25) is 0 Å². The number of allylic oxidation sites excluding steroid dienone is 2. The fourth-order valence-electron chi connectivity index (χ4n) is 2.24. The van der Waals surface area contributed by atoms with Gasteiger partial charge >= 0.3 is 90.4 Å². The van der Waals surface area contributed by atoms with E-state index in [0.29, 0.717) is 0 Å². The molecule has 0 spiro atoms. The van der Waals surface area contributed by atoms with Crippen molar-refractivity contribution in [3.63, 3.8) is 0 Å². The Morgan fingerprint density at radius 3 is 0.825 bits per heavy atom. The molecule has 0 rings (SSSR count). The Morgan fingerprint density at radius 2 is 0.600 bits per heavy atom. The third kappa shape index (κ3) is 221. The molecule has 0 aromatic carbocycles. The van der Waals surface area contributed by atoms with Gasteiger partial charge in [-0.3, -0.25) is 0 Å². The second kappa shape index (κ2) is 185. The Balaban J connectivity index is -0.0000000253. The van der Waals surface area contributed by atoms with Crippen LogP contribution in [0.5, 0.6) is 0 Å². The van der Waals surface area contributed by atoms with Crippen LogP contribution in [0, 0.1) is 53.2 Å². The third-order valence-corrected chi connectivity index (χ3v) is 3.79. The van der Waals surface area contributed by atoms with Crippen LogP contribution in [0.3, 0.4) is 0 Å². The van der Waals surface area contributed by atoms with E-state index >= 15 is 0 Å². The molecule has 0 aromatic heterocycles. The van der Waals surface area contributed by atoms with Gasteiger partial charge in [0.15, 0.2) is 0 Å². The number of rotatable bonds is 15. The smallest absolute Gasteiger partial charge is 0 e. The van der Waals surface area contributed by atoms with Crippen LogP contribution in [0.4, 0.5) is 0 Å². The molecule has 0 bridgehead atoms. The number of hydrogen-bond donors (Lipinski definition) is 0. The molecule has 2 radical (unpaired) electrons. The first kappa shape index (κ1) is 77.1.